The number of benzene rings is 2. The van der Waals surface area contributed by atoms with Gasteiger partial charge in [-0.05, 0) is 30.7 Å². The van der Waals surface area contributed by atoms with Crippen LogP contribution in [-0.4, -0.2) is 7.11 Å². The molecule has 0 aliphatic heterocycles. The molecule has 0 aliphatic carbocycles. The molecule has 3 N–H and O–H groups in total. The highest BCUT2D eigenvalue weighted by molar-refractivity contribution is 6.30. The maximum absolute atomic E-state index is 14.1. The summed E-state index contributed by atoms with van der Waals surface area (Å²) in [6.45, 7) is 1.96. The lowest BCUT2D eigenvalue weighted by Crippen LogP contribution is -2.29. The molecular formula is C15H16ClFN2O. The second-order valence-corrected chi connectivity index (χ2v) is 4.95. The molecule has 0 saturated heterocycles. The molecule has 3 nitrogen and oxygen atoms in total. The molecule has 0 saturated carbocycles. The third-order valence-corrected chi connectivity index (χ3v) is 3.38. The molecule has 20 heavy (non-hydrogen) atoms. The molecule has 106 valence electrons. The van der Waals surface area contributed by atoms with Crippen LogP contribution in [0.2, 0.25) is 5.02 Å². The maximum atomic E-state index is 14.1. The Morgan fingerprint density at radius 3 is 2.50 bits per heavy atom. The van der Waals surface area contributed by atoms with E-state index >= 15 is 0 Å². The number of nitrogens with one attached hydrogen (secondary N) is 1. The van der Waals surface area contributed by atoms with E-state index in [0.29, 0.717) is 16.3 Å². The molecule has 0 amide bonds. The highest BCUT2D eigenvalue weighted by Crippen LogP contribution is 2.32. The second kappa shape index (κ2) is 6.22. The number of ether oxygens (including phenoxy) is 1. The minimum atomic E-state index is -0.511. The minimum absolute atomic E-state index is 0.345. The Morgan fingerprint density at radius 1 is 1.20 bits per heavy atom. The lowest BCUT2D eigenvalue weighted by atomic mass is 9.97. The van der Waals surface area contributed by atoms with Crippen molar-refractivity contribution in [3.8, 4) is 5.75 Å². The molecule has 2 rings (SSSR count). The van der Waals surface area contributed by atoms with E-state index in [9.17, 15) is 4.39 Å². The van der Waals surface area contributed by atoms with Gasteiger partial charge < -0.3 is 4.74 Å². The Kier molecular flexibility index (Phi) is 4.60. The summed E-state index contributed by atoms with van der Waals surface area (Å²) in [6.07, 6.45) is 0. The highest BCUT2D eigenvalue weighted by atomic mass is 35.5. The zero-order chi connectivity index (χ0) is 14.7. The van der Waals surface area contributed by atoms with Crippen LogP contribution < -0.4 is 16.0 Å². The Labute approximate surface area is 122 Å². The molecule has 1 atom stereocenters. The number of aryl methyl sites for hydroxylation is 1. The average molecular weight is 295 g/mol. The third-order valence-electron chi connectivity index (χ3n) is 3.14. The van der Waals surface area contributed by atoms with Crippen LogP contribution in [0, 0.1) is 12.7 Å². The molecule has 2 aromatic rings. The van der Waals surface area contributed by atoms with Gasteiger partial charge in [-0.2, -0.15) is 0 Å². The van der Waals surface area contributed by atoms with E-state index < -0.39 is 11.9 Å². The lowest BCUT2D eigenvalue weighted by Gasteiger charge is -2.20. The summed E-state index contributed by atoms with van der Waals surface area (Å²) in [5.41, 5.74) is 4.86. The van der Waals surface area contributed by atoms with Crippen molar-refractivity contribution in [1.82, 2.24) is 5.43 Å². The summed E-state index contributed by atoms with van der Waals surface area (Å²) < 4.78 is 19.4. The van der Waals surface area contributed by atoms with Crippen molar-refractivity contribution in [3.05, 3.63) is 63.9 Å². The maximum Gasteiger partial charge on any atom is 0.129 e. The fourth-order valence-electron chi connectivity index (χ4n) is 2.14. The van der Waals surface area contributed by atoms with Gasteiger partial charge in [0.05, 0.1) is 13.2 Å². The summed E-state index contributed by atoms with van der Waals surface area (Å²) in [7, 11) is 1.57. The number of nitrogens with two attached hydrogens (primary N) is 1. The Balaban J connectivity index is 2.52. The van der Waals surface area contributed by atoms with E-state index in [2.05, 4.69) is 5.43 Å². The summed E-state index contributed by atoms with van der Waals surface area (Å²) in [4.78, 5) is 0. The van der Waals surface area contributed by atoms with Gasteiger partial charge in [-0.15, -0.1) is 0 Å². The first kappa shape index (κ1) is 14.8. The van der Waals surface area contributed by atoms with Crippen LogP contribution in [0.4, 0.5) is 4.39 Å². The SMILES string of the molecule is COc1cc(C)ccc1C(NN)c1ccc(Cl)cc1F. The standard InChI is InChI=1S/C15H16ClFN2O/c1-9-3-5-12(14(7-9)20-2)15(19-18)11-6-4-10(16)8-13(11)17/h3-8,15,19H,18H2,1-2H3. The minimum Gasteiger partial charge on any atom is -0.496 e. The zero-order valence-electron chi connectivity index (χ0n) is 11.3. The Hall–Kier alpha value is -1.62. The monoisotopic (exact) mass is 294 g/mol. The molecule has 0 spiro atoms. The number of methoxy groups -OCH3 is 1. The van der Waals surface area contributed by atoms with Crippen molar-refractivity contribution >= 4 is 11.6 Å². The van der Waals surface area contributed by atoms with Gasteiger partial charge in [0.2, 0.25) is 0 Å². The summed E-state index contributed by atoms with van der Waals surface area (Å²) in [5.74, 6) is 5.84. The van der Waals surface area contributed by atoms with E-state index in [4.69, 9.17) is 22.2 Å². The number of hydrogen-bond acceptors (Lipinski definition) is 3. The molecule has 0 radical (unpaired) electrons. The lowest BCUT2D eigenvalue weighted by molar-refractivity contribution is 0.403. The fraction of sp³-hybridized carbons (Fsp3) is 0.200. The van der Waals surface area contributed by atoms with Crippen LogP contribution in [0.3, 0.4) is 0 Å². The van der Waals surface area contributed by atoms with E-state index in [1.54, 1.807) is 19.2 Å². The van der Waals surface area contributed by atoms with Gasteiger partial charge in [-0.25, -0.2) is 9.82 Å². The van der Waals surface area contributed by atoms with Crippen molar-refractivity contribution in [2.75, 3.05) is 7.11 Å². The quantitative estimate of drug-likeness (QED) is 0.671. The van der Waals surface area contributed by atoms with E-state index in [0.717, 1.165) is 11.1 Å². The number of rotatable bonds is 4. The first-order valence-electron chi connectivity index (χ1n) is 6.12. The van der Waals surface area contributed by atoms with Crippen LogP contribution >= 0.6 is 11.6 Å². The van der Waals surface area contributed by atoms with Gasteiger partial charge in [0, 0.05) is 16.1 Å². The third kappa shape index (κ3) is 2.93. The first-order valence-corrected chi connectivity index (χ1v) is 6.50. The van der Waals surface area contributed by atoms with Crippen LogP contribution in [0.1, 0.15) is 22.7 Å². The second-order valence-electron chi connectivity index (χ2n) is 4.51. The van der Waals surface area contributed by atoms with Crippen LogP contribution in [0.15, 0.2) is 36.4 Å². The molecule has 2 aromatic carbocycles. The van der Waals surface area contributed by atoms with Crippen molar-refractivity contribution in [3.63, 3.8) is 0 Å². The average Bonchev–Trinajstić information content (AvgIpc) is 2.43. The largest absolute Gasteiger partial charge is 0.496 e. The molecule has 0 aromatic heterocycles. The topological polar surface area (TPSA) is 47.3 Å². The van der Waals surface area contributed by atoms with Crippen molar-refractivity contribution in [2.24, 2.45) is 5.84 Å². The number of halogens is 2. The smallest absolute Gasteiger partial charge is 0.129 e. The van der Waals surface area contributed by atoms with E-state index in [1.807, 2.05) is 25.1 Å². The normalized spacial score (nSPS) is 12.2. The van der Waals surface area contributed by atoms with E-state index in [1.165, 1.54) is 6.07 Å². The van der Waals surface area contributed by atoms with Crippen molar-refractivity contribution in [2.45, 2.75) is 13.0 Å². The van der Waals surface area contributed by atoms with Gasteiger partial charge in [0.1, 0.15) is 11.6 Å². The molecule has 0 heterocycles. The molecular weight excluding hydrogens is 279 g/mol. The van der Waals surface area contributed by atoms with E-state index in [-0.39, 0.29) is 0 Å². The number of hydrazine groups is 1. The molecule has 1 unspecified atom stereocenters. The Bertz CT molecular complexity index is 619. The molecule has 0 bridgehead atoms. The van der Waals surface area contributed by atoms with Gasteiger partial charge in [-0.3, -0.25) is 5.84 Å². The van der Waals surface area contributed by atoms with Crippen LogP contribution in [-0.2, 0) is 0 Å². The summed E-state index contributed by atoms with van der Waals surface area (Å²) in [5, 5.41) is 0.345. The molecule has 0 fully saturated rings. The highest BCUT2D eigenvalue weighted by Gasteiger charge is 2.20. The van der Waals surface area contributed by atoms with Gasteiger partial charge in [0.15, 0.2) is 0 Å². The summed E-state index contributed by atoms with van der Waals surface area (Å²) in [6, 6.07) is 9.67. The van der Waals surface area contributed by atoms with Crippen molar-refractivity contribution in [1.29, 1.82) is 0 Å². The van der Waals surface area contributed by atoms with Crippen molar-refractivity contribution < 1.29 is 9.13 Å². The zero-order valence-corrected chi connectivity index (χ0v) is 12.0. The first-order chi connectivity index (χ1) is 9.56. The molecule has 5 heteroatoms. The van der Waals surface area contributed by atoms with Crippen LogP contribution in [0.5, 0.6) is 5.75 Å². The predicted octanol–water partition coefficient (Wildman–Crippen LogP) is 3.35. The molecule has 0 aliphatic rings. The number of hydrogen-bond donors (Lipinski definition) is 2. The van der Waals surface area contributed by atoms with Crippen LogP contribution in [0.25, 0.3) is 0 Å². The fourth-order valence-corrected chi connectivity index (χ4v) is 2.30. The Morgan fingerprint density at radius 2 is 1.90 bits per heavy atom. The van der Waals surface area contributed by atoms with Gasteiger partial charge in [0.25, 0.3) is 0 Å². The predicted molar refractivity (Wildman–Crippen MR) is 78.3 cm³/mol. The van der Waals surface area contributed by atoms with Gasteiger partial charge in [-0.1, -0.05) is 29.8 Å². The summed E-state index contributed by atoms with van der Waals surface area (Å²) >= 11 is 5.77. The van der Waals surface area contributed by atoms with Gasteiger partial charge >= 0.3 is 0 Å².